The molecule has 0 aliphatic rings. The fourth-order valence-electron chi connectivity index (χ4n) is 1.88. The molecule has 0 unspecified atom stereocenters. The van der Waals surface area contributed by atoms with Crippen molar-refractivity contribution in [3.05, 3.63) is 45.8 Å². The predicted molar refractivity (Wildman–Crippen MR) is 88.1 cm³/mol. The minimum atomic E-state index is 0. The molecule has 0 spiro atoms. The van der Waals surface area contributed by atoms with E-state index in [-0.39, 0.29) is 27.3 Å². The van der Waals surface area contributed by atoms with Gasteiger partial charge in [-0.15, -0.1) is 0 Å². The number of pyridine rings is 2. The number of aryl methyl sites for hydroxylation is 4. The molecule has 2 aromatic rings. The number of hydrogen-bond donors (Lipinski definition) is 0. The van der Waals surface area contributed by atoms with Crippen LogP contribution in [0.3, 0.4) is 0 Å². The molecule has 4 nitrogen and oxygen atoms in total. The standard InChI is InChI=1S/2C8H8N2S.Cd/c2*1-5-3-6(2)10-8(11)7(5)4-9;/h2*3H,1-2H3,(H,10,11);/q;;+2/p-2. The van der Waals surface area contributed by atoms with Crippen LogP contribution in [0.15, 0.2) is 22.2 Å². The molecule has 0 saturated carbocycles. The van der Waals surface area contributed by atoms with E-state index in [1.165, 1.54) is 0 Å². The van der Waals surface area contributed by atoms with Gasteiger partial charge in [0.15, 0.2) is 0 Å². The van der Waals surface area contributed by atoms with Gasteiger partial charge in [0, 0.05) is 11.4 Å². The third kappa shape index (κ3) is 5.98. The van der Waals surface area contributed by atoms with Crippen molar-refractivity contribution in [2.75, 3.05) is 0 Å². The predicted octanol–water partition coefficient (Wildman–Crippen LogP) is 2.95. The molecule has 0 radical (unpaired) electrons. The maximum absolute atomic E-state index is 8.63. The quantitative estimate of drug-likeness (QED) is 0.465. The summed E-state index contributed by atoms with van der Waals surface area (Å²) in [4.78, 5) is 8.00. The Morgan fingerprint density at radius 3 is 1.30 bits per heavy atom. The van der Waals surface area contributed by atoms with E-state index in [2.05, 4.69) is 9.97 Å². The Hall–Kier alpha value is -1.36. The first-order valence-electron chi connectivity index (χ1n) is 6.40. The van der Waals surface area contributed by atoms with E-state index < -0.39 is 0 Å². The second-order valence-corrected chi connectivity index (χ2v) is 5.52. The van der Waals surface area contributed by atoms with Crippen LogP contribution in [0.2, 0.25) is 0 Å². The Morgan fingerprint density at radius 2 is 1.09 bits per heavy atom. The molecule has 0 atom stereocenters. The number of aromatic nitrogens is 2. The van der Waals surface area contributed by atoms with E-state index in [0.29, 0.717) is 21.2 Å². The van der Waals surface area contributed by atoms with Crippen LogP contribution >= 0.6 is 0 Å². The van der Waals surface area contributed by atoms with Gasteiger partial charge in [-0.2, -0.15) is 10.5 Å². The van der Waals surface area contributed by atoms with Crippen molar-refractivity contribution in [2.45, 2.75) is 37.7 Å². The van der Waals surface area contributed by atoms with E-state index in [4.69, 9.17) is 35.8 Å². The molecule has 112 valence electrons. The van der Waals surface area contributed by atoms with Gasteiger partial charge in [-0.05, 0) is 51.0 Å². The van der Waals surface area contributed by atoms with E-state index in [1.807, 2.05) is 52.0 Å². The van der Waals surface area contributed by atoms with Crippen LogP contribution < -0.4 is 0 Å². The molecule has 23 heavy (non-hydrogen) atoms. The monoisotopic (exact) mass is 440 g/mol. The largest absolute Gasteiger partial charge is 2.00 e. The Balaban J connectivity index is 0.000000403. The summed E-state index contributed by atoms with van der Waals surface area (Å²) in [6, 6.07) is 7.76. The van der Waals surface area contributed by atoms with Crippen LogP contribution in [0, 0.1) is 50.4 Å². The van der Waals surface area contributed by atoms with Crippen LogP contribution in [0.5, 0.6) is 0 Å². The van der Waals surface area contributed by atoms with Crippen molar-refractivity contribution in [1.29, 1.82) is 10.5 Å². The first-order chi connectivity index (χ1) is 10.3. The zero-order valence-corrected chi connectivity index (χ0v) is 19.1. The molecule has 2 rings (SSSR count). The SMILES string of the molecule is Cc1cc(C)c(C#N)c([S-])n1.Cc1cc(C)c(C#N)c([S-])n1.[Cd+2]. The average molecular weight is 439 g/mol. The second kappa shape index (κ2) is 9.71. The Kier molecular flexibility index (Phi) is 9.13. The molecule has 0 fully saturated rings. The van der Waals surface area contributed by atoms with E-state index in [9.17, 15) is 0 Å². The fraction of sp³-hybridized carbons (Fsp3) is 0.250. The number of hydrogen-bond acceptors (Lipinski definition) is 6. The smallest absolute Gasteiger partial charge is 0.759 e. The van der Waals surface area contributed by atoms with Crippen molar-refractivity contribution in [3.8, 4) is 12.1 Å². The number of nitriles is 2. The van der Waals surface area contributed by atoms with Gasteiger partial charge in [0.25, 0.3) is 0 Å². The molecule has 0 amide bonds. The third-order valence-corrected chi connectivity index (χ3v) is 3.44. The summed E-state index contributed by atoms with van der Waals surface area (Å²) >= 11 is 9.79. The number of rotatable bonds is 0. The number of nitrogens with zero attached hydrogens (tertiary/aromatic N) is 4. The van der Waals surface area contributed by atoms with E-state index in [0.717, 1.165) is 22.5 Å². The molecule has 0 aromatic carbocycles. The second-order valence-electron chi connectivity index (χ2n) is 4.74. The Bertz CT molecular complexity index is 678. The van der Waals surface area contributed by atoms with Crippen LogP contribution in [0.25, 0.3) is 0 Å². The molecular formula is C16H14CdN4S2. The van der Waals surface area contributed by atoms with Crippen molar-refractivity contribution in [1.82, 2.24) is 9.97 Å². The van der Waals surface area contributed by atoms with Gasteiger partial charge >= 0.3 is 27.3 Å². The zero-order valence-electron chi connectivity index (χ0n) is 13.5. The van der Waals surface area contributed by atoms with Crippen LogP contribution in [-0.4, -0.2) is 9.97 Å². The van der Waals surface area contributed by atoms with Gasteiger partial charge in [-0.1, -0.05) is 10.1 Å². The maximum atomic E-state index is 8.63. The summed E-state index contributed by atoms with van der Waals surface area (Å²) in [6.07, 6.45) is 0. The van der Waals surface area contributed by atoms with E-state index in [1.54, 1.807) is 0 Å². The molecule has 7 heteroatoms. The summed E-state index contributed by atoms with van der Waals surface area (Å²) in [5.41, 5.74) is 4.59. The van der Waals surface area contributed by atoms with Crippen molar-refractivity contribution < 1.29 is 27.3 Å². The van der Waals surface area contributed by atoms with Crippen LogP contribution in [0.4, 0.5) is 0 Å². The molecule has 0 N–H and O–H groups in total. The Labute approximate surface area is 168 Å². The van der Waals surface area contributed by atoms with Gasteiger partial charge in [-0.25, -0.2) is 0 Å². The van der Waals surface area contributed by atoms with Crippen LogP contribution in [-0.2, 0) is 52.6 Å². The molecule has 0 saturated heterocycles. The molecular weight excluding hydrogens is 425 g/mol. The zero-order chi connectivity index (χ0) is 16.9. The Morgan fingerprint density at radius 1 is 0.783 bits per heavy atom. The van der Waals surface area contributed by atoms with Crippen molar-refractivity contribution in [2.24, 2.45) is 0 Å². The van der Waals surface area contributed by atoms with Gasteiger partial charge < -0.3 is 25.3 Å². The summed E-state index contributed by atoms with van der Waals surface area (Å²) in [7, 11) is 0. The van der Waals surface area contributed by atoms with Gasteiger partial charge in [0.2, 0.25) is 0 Å². The van der Waals surface area contributed by atoms with Gasteiger partial charge in [0.05, 0.1) is 23.3 Å². The maximum Gasteiger partial charge on any atom is 2.00 e. The average Bonchev–Trinajstić information content (AvgIpc) is 2.38. The third-order valence-electron chi connectivity index (χ3n) is 2.85. The van der Waals surface area contributed by atoms with E-state index >= 15 is 0 Å². The molecule has 2 heterocycles. The molecule has 2 aromatic heterocycles. The summed E-state index contributed by atoms with van der Waals surface area (Å²) in [6.45, 7) is 7.46. The summed E-state index contributed by atoms with van der Waals surface area (Å²) < 4.78 is 0. The normalized spacial score (nSPS) is 8.78. The molecule has 0 bridgehead atoms. The first-order valence-corrected chi connectivity index (χ1v) is 7.22. The fourth-order valence-corrected chi connectivity index (χ4v) is 2.58. The molecule has 0 aliphatic heterocycles. The summed E-state index contributed by atoms with van der Waals surface area (Å²) in [5.74, 6) is 0. The minimum absolute atomic E-state index is 0. The van der Waals surface area contributed by atoms with Crippen molar-refractivity contribution >= 4 is 25.3 Å². The molecule has 0 aliphatic carbocycles. The summed E-state index contributed by atoms with van der Waals surface area (Å²) in [5, 5.41) is 18.1. The van der Waals surface area contributed by atoms with Gasteiger partial charge in [-0.3, -0.25) is 9.97 Å². The van der Waals surface area contributed by atoms with Gasteiger partial charge in [0.1, 0.15) is 0 Å². The van der Waals surface area contributed by atoms with Crippen molar-refractivity contribution in [3.63, 3.8) is 0 Å². The van der Waals surface area contributed by atoms with Crippen LogP contribution in [0.1, 0.15) is 33.6 Å². The first kappa shape index (κ1) is 21.6. The topological polar surface area (TPSA) is 73.4 Å². The minimum Gasteiger partial charge on any atom is -0.759 e.